The molecule has 1 heterocycles. The fraction of sp³-hybridized carbons (Fsp3) is 0.579. The Bertz CT molecular complexity index is 498. The van der Waals surface area contributed by atoms with Gasteiger partial charge in [-0.2, -0.15) is 0 Å². The molecule has 1 aromatic rings. The van der Waals surface area contributed by atoms with Gasteiger partial charge in [0.15, 0.2) is 0 Å². The molecule has 1 aliphatic heterocycles. The van der Waals surface area contributed by atoms with Crippen molar-refractivity contribution in [3.63, 3.8) is 0 Å². The Labute approximate surface area is 144 Å². The van der Waals surface area contributed by atoms with Crippen molar-refractivity contribution in [2.45, 2.75) is 70.4 Å². The molecule has 0 saturated heterocycles. The molecule has 0 aliphatic carbocycles. The number of benzene rings is 1. The quantitative estimate of drug-likeness (QED) is 0.722. The summed E-state index contributed by atoms with van der Waals surface area (Å²) in [6.45, 7) is 8.96. The van der Waals surface area contributed by atoms with Crippen LogP contribution in [0.3, 0.4) is 0 Å². The van der Waals surface area contributed by atoms with Crippen LogP contribution >= 0.6 is 0 Å². The SMILES string of the molecule is CC[C@H]([C@@H]1CCC=CO1)N(Cc1ccccc1)[S@+]([O-])C(C)(C)C. The van der Waals surface area contributed by atoms with E-state index < -0.39 is 11.4 Å². The minimum atomic E-state index is -1.08. The number of rotatable bonds is 6. The van der Waals surface area contributed by atoms with E-state index in [4.69, 9.17) is 4.74 Å². The molecule has 23 heavy (non-hydrogen) atoms. The second-order valence-electron chi connectivity index (χ2n) is 7.02. The van der Waals surface area contributed by atoms with Gasteiger partial charge in [0.05, 0.1) is 18.8 Å². The molecule has 0 amide bonds. The molecular formula is C19H29NO2S. The first-order valence-electron chi connectivity index (χ1n) is 8.46. The van der Waals surface area contributed by atoms with Crippen LogP contribution in [0.2, 0.25) is 0 Å². The molecule has 0 fully saturated rings. The van der Waals surface area contributed by atoms with Gasteiger partial charge in [-0.25, -0.2) is 0 Å². The standard InChI is InChI=1S/C19H29NO2S/c1-5-17(18-13-9-10-14-22-18)20(23(21)19(2,3)4)15-16-11-7-6-8-12-16/h6-8,10-12,14,17-18H,5,9,13,15H2,1-4H3/t17-,18+,23-/m1/s1. The highest BCUT2D eigenvalue weighted by atomic mass is 32.2. The highest BCUT2D eigenvalue weighted by Crippen LogP contribution is 2.30. The van der Waals surface area contributed by atoms with Gasteiger partial charge in [-0.15, -0.1) is 4.31 Å². The number of allylic oxidation sites excluding steroid dienone is 1. The molecule has 4 heteroatoms. The van der Waals surface area contributed by atoms with E-state index in [1.165, 1.54) is 5.56 Å². The second kappa shape index (κ2) is 8.22. The lowest BCUT2D eigenvalue weighted by Crippen LogP contribution is -2.52. The Kier molecular flexibility index (Phi) is 6.57. The van der Waals surface area contributed by atoms with Crippen molar-refractivity contribution >= 4 is 11.4 Å². The number of hydrogen-bond acceptors (Lipinski definition) is 3. The summed E-state index contributed by atoms with van der Waals surface area (Å²) in [7, 11) is 0. The molecule has 0 spiro atoms. The highest BCUT2D eigenvalue weighted by Gasteiger charge is 2.40. The van der Waals surface area contributed by atoms with Crippen molar-refractivity contribution in [3.8, 4) is 0 Å². The maximum Gasteiger partial charge on any atom is 0.137 e. The largest absolute Gasteiger partial charge is 0.597 e. The van der Waals surface area contributed by atoms with Crippen LogP contribution in [-0.2, 0) is 22.6 Å². The van der Waals surface area contributed by atoms with Gasteiger partial charge in [0.2, 0.25) is 0 Å². The first-order valence-corrected chi connectivity index (χ1v) is 9.57. The van der Waals surface area contributed by atoms with E-state index in [1.54, 1.807) is 6.26 Å². The van der Waals surface area contributed by atoms with Crippen LogP contribution in [0.1, 0.15) is 52.5 Å². The first kappa shape index (κ1) is 18.4. The number of nitrogens with zero attached hydrogens (tertiary/aromatic N) is 1. The molecule has 0 aromatic heterocycles. The van der Waals surface area contributed by atoms with E-state index in [2.05, 4.69) is 29.4 Å². The van der Waals surface area contributed by atoms with Crippen molar-refractivity contribution in [3.05, 3.63) is 48.2 Å². The minimum absolute atomic E-state index is 0.111. The van der Waals surface area contributed by atoms with Gasteiger partial charge in [-0.3, -0.25) is 0 Å². The van der Waals surface area contributed by atoms with Crippen LogP contribution in [0, 0.1) is 0 Å². The summed E-state index contributed by atoms with van der Waals surface area (Å²) in [6.07, 6.45) is 6.92. The third-order valence-electron chi connectivity index (χ3n) is 4.10. The molecule has 2 rings (SSSR count). The maximum absolute atomic E-state index is 13.2. The van der Waals surface area contributed by atoms with Gasteiger partial charge in [0, 0.05) is 11.4 Å². The van der Waals surface area contributed by atoms with E-state index in [1.807, 2.05) is 39.0 Å². The van der Waals surface area contributed by atoms with E-state index in [9.17, 15) is 4.55 Å². The lowest BCUT2D eigenvalue weighted by Gasteiger charge is -2.40. The summed E-state index contributed by atoms with van der Waals surface area (Å²) in [5.74, 6) is 0. The zero-order valence-corrected chi connectivity index (χ0v) is 15.5. The van der Waals surface area contributed by atoms with Gasteiger partial charge in [0.25, 0.3) is 0 Å². The number of hydrogen-bond donors (Lipinski definition) is 0. The van der Waals surface area contributed by atoms with Crippen LogP contribution in [0.25, 0.3) is 0 Å². The summed E-state index contributed by atoms with van der Waals surface area (Å²) in [6, 6.07) is 10.4. The van der Waals surface area contributed by atoms with E-state index in [-0.39, 0.29) is 16.9 Å². The Morgan fingerprint density at radius 1 is 1.30 bits per heavy atom. The van der Waals surface area contributed by atoms with Crippen LogP contribution < -0.4 is 0 Å². The van der Waals surface area contributed by atoms with E-state index >= 15 is 0 Å². The average molecular weight is 336 g/mol. The van der Waals surface area contributed by atoms with Crippen LogP contribution in [-0.4, -0.2) is 25.8 Å². The molecule has 128 valence electrons. The second-order valence-corrected chi connectivity index (χ2v) is 9.21. The molecule has 1 aromatic carbocycles. The summed E-state index contributed by atoms with van der Waals surface area (Å²) in [5.41, 5.74) is 1.19. The number of ether oxygens (including phenoxy) is 1. The molecular weight excluding hydrogens is 306 g/mol. The lowest BCUT2D eigenvalue weighted by atomic mass is 10.0. The zero-order chi connectivity index (χ0) is 16.9. The van der Waals surface area contributed by atoms with Crippen molar-refractivity contribution < 1.29 is 9.29 Å². The predicted molar refractivity (Wildman–Crippen MR) is 97.2 cm³/mol. The Hall–Kier alpha value is -0.970. The average Bonchev–Trinajstić information content (AvgIpc) is 2.55. The van der Waals surface area contributed by atoms with Crippen molar-refractivity contribution in [2.75, 3.05) is 0 Å². The lowest BCUT2D eigenvalue weighted by molar-refractivity contribution is 0.0518. The fourth-order valence-corrected chi connectivity index (χ4v) is 4.40. The van der Waals surface area contributed by atoms with Gasteiger partial charge in [0.1, 0.15) is 10.9 Å². The summed E-state index contributed by atoms with van der Waals surface area (Å²) in [4.78, 5) is 0. The third-order valence-corrected chi connectivity index (χ3v) is 5.98. The molecule has 0 radical (unpaired) electrons. The minimum Gasteiger partial charge on any atom is -0.597 e. The van der Waals surface area contributed by atoms with Crippen LogP contribution in [0.15, 0.2) is 42.7 Å². The van der Waals surface area contributed by atoms with Crippen molar-refractivity contribution in [2.24, 2.45) is 0 Å². The normalized spacial score (nSPS) is 21.0. The molecule has 0 saturated carbocycles. The van der Waals surface area contributed by atoms with Gasteiger partial charge >= 0.3 is 0 Å². The Morgan fingerprint density at radius 3 is 2.52 bits per heavy atom. The van der Waals surface area contributed by atoms with Gasteiger partial charge < -0.3 is 9.29 Å². The molecule has 0 bridgehead atoms. The van der Waals surface area contributed by atoms with E-state index in [0.717, 1.165) is 19.3 Å². The third kappa shape index (κ3) is 5.00. The van der Waals surface area contributed by atoms with Gasteiger partial charge in [-0.05, 0) is 51.7 Å². The molecule has 1 aliphatic rings. The fourth-order valence-electron chi connectivity index (χ4n) is 2.90. The maximum atomic E-state index is 13.2. The highest BCUT2D eigenvalue weighted by molar-refractivity contribution is 7.90. The monoisotopic (exact) mass is 335 g/mol. The molecule has 3 nitrogen and oxygen atoms in total. The van der Waals surface area contributed by atoms with Crippen molar-refractivity contribution in [1.29, 1.82) is 0 Å². The smallest absolute Gasteiger partial charge is 0.137 e. The zero-order valence-electron chi connectivity index (χ0n) is 14.7. The predicted octanol–water partition coefficient (Wildman–Crippen LogP) is 4.42. The summed E-state index contributed by atoms with van der Waals surface area (Å²) in [5, 5.41) is 0. The van der Waals surface area contributed by atoms with E-state index in [0.29, 0.717) is 6.54 Å². The molecule has 0 unspecified atom stereocenters. The molecule has 0 N–H and O–H groups in total. The topological polar surface area (TPSA) is 35.5 Å². The Balaban J connectivity index is 2.25. The van der Waals surface area contributed by atoms with Crippen LogP contribution in [0.4, 0.5) is 0 Å². The van der Waals surface area contributed by atoms with Gasteiger partial charge in [-0.1, -0.05) is 37.3 Å². The summed E-state index contributed by atoms with van der Waals surface area (Å²) < 4.78 is 20.9. The molecule has 3 atom stereocenters. The summed E-state index contributed by atoms with van der Waals surface area (Å²) >= 11 is -1.08. The Morgan fingerprint density at radius 2 is 2.00 bits per heavy atom. The van der Waals surface area contributed by atoms with Crippen LogP contribution in [0.5, 0.6) is 0 Å². The van der Waals surface area contributed by atoms with Crippen molar-refractivity contribution in [1.82, 2.24) is 4.31 Å². The first-order chi connectivity index (χ1) is 10.9.